The average molecular weight is 384 g/mol. The minimum atomic E-state index is 0.464. The number of nitrogens with zero attached hydrogens (tertiary/aromatic N) is 1. The van der Waals surface area contributed by atoms with Crippen molar-refractivity contribution in [1.29, 1.82) is 0 Å². The molecule has 0 unspecified atom stereocenters. The van der Waals surface area contributed by atoms with Gasteiger partial charge in [-0.3, -0.25) is 0 Å². The first-order valence-electron chi connectivity index (χ1n) is 5.54. The van der Waals surface area contributed by atoms with Crippen LogP contribution in [0.2, 0.25) is 0 Å². The maximum atomic E-state index is 6.00. The van der Waals surface area contributed by atoms with Gasteiger partial charge in [0.25, 0.3) is 0 Å². The first-order valence-corrected chi connectivity index (χ1v) is 7.13. The van der Waals surface area contributed by atoms with E-state index in [1.54, 1.807) is 7.11 Å². The average Bonchev–Trinajstić information content (AvgIpc) is 2.42. The molecule has 0 amide bonds. The second-order valence-corrected chi connectivity index (χ2v) is 5.51. The molecular formula is C14H12Br2N2O. The van der Waals surface area contributed by atoms with Crippen LogP contribution in [0.4, 0.5) is 5.69 Å². The van der Waals surface area contributed by atoms with E-state index < -0.39 is 0 Å². The van der Waals surface area contributed by atoms with Crippen LogP contribution in [0.3, 0.4) is 0 Å². The summed E-state index contributed by atoms with van der Waals surface area (Å²) in [6.45, 7) is 0. The third kappa shape index (κ3) is 3.36. The number of rotatable bonds is 3. The van der Waals surface area contributed by atoms with Gasteiger partial charge in [0.2, 0.25) is 0 Å². The van der Waals surface area contributed by atoms with E-state index in [2.05, 4.69) is 36.9 Å². The summed E-state index contributed by atoms with van der Waals surface area (Å²) in [6, 6.07) is 13.3. The van der Waals surface area contributed by atoms with E-state index in [4.69, 9.17) is 10.5 Å². The summed E-state index contributed by atoms with van der Waals surface area (Å²) in [5.74, 6) is 1.17. The minimum Gasteiger partial charge on any atom is -0.495 e. The number of aliphatic imine (C=N–C) groups is 1. The molecule has 0 aliphatic carbocycles. The molecule has 3 nitrogen and oxygen atoms in total. The van der Waals surface area contributed by atoms with Crippen LogP contribution in [0, 0.1) is 0 Å². The fourth-order valence-electron chi connectivity index (χ4n) is 1.56. The monoisotopic (exact) mass is 382 g/mol. The number of halogens is 2. The highest BCUT2D eigenvalue weighted by molar-refractivity contribution is 9.11. The maximum absolute atomic E-state index is 6.00. The zero-order valence-corrected chi connectivity index (χ0v) is 13.4. The quantitative estimate of drug-likeness (QED) is 0.635. The molecule has 5 heteroatoms. The van der Waals surface area contributed by atoms with Crippen LogP contribution in [-0.2, 0) is 0 Å². The fraction of sp³-hybridized carbons (Fsp3) is 0.0714. The van der Waals surface area contributed by atoms with Gasteiger partial charge in [-0.15, -0.1) is 0 Å². The van der Waals surface area contributed by atoms with E-state index in [0.717, 1.165) is 20.2 Å². The van der Waals surface area contributed by atoms with E-state index in [1.165, 1.54) is 0 Å². The molecule has 19 heavy (non-hydrogen) atoms. The van der Waals surface area contributed by atoms with Crippen LogP contribution in [0.25, 0.3) is 0 Å². The Labute approximate surface area is 128 Å². The molecule has 0 fully saturated rings. The molecule has 2 N–H and O–H groups in total. The Hall–Kier alpha value is -1.33. The van der Waals surface area contributed by atoms with Crippen LogP contribution >= 0.6 is 31.9 Å². The smallest absolute Gasteiger partial charge is 0.135 e. The van der Waals surface area contributed by atoms with Gasteiger partial charge < -0.3 is 10.5 Å². The van der Waals surface area contributed by atoms with Gasteiger partial charge in [0.05, 0.1) is 17.3 Å². The van der Waals surface area contributed by atoms with Crippen LogP contribution in [-0.4, -0.2) is 12.9 Å². The standard InChI is InChI=1S/C14H12Br2N2O/c1-19-13-8-12(10(15)7-11(13)16)18-14(17)9-5-3-2-4-6-9/h2-8H,1H3,(H2,17,18). The van der Waals surface area contributed by atoms with Gasteiger partial charge in [0.15, 0.2) is 0 Å². The second kappa shape index (κ2) is 6.21. The number of hydrogen-bond acceptors (Lipinski definition) is 2. The molecule has 0 spiro atoms. The maximum Gasteiger partial charge on any atom is 0.135 e. The molecular weight excluding hydrogens is 372 g/mol. The lowest BCUT2D eigenvalue weighted by Crippen LogP contribution is -2.12. The van der Waals surface area contributed by atoms with Crippen molar-refractivity contribution in [2.75, 3.05) is 7.11 Å². The number of hydrogen-bond donors (Lipinski definition) is 1. The zero-order valence-electron chi connectivity index (χ0n) is 10.2. The third-order valence-electron chi connectivity index (χ3n) is 2.53. The van der Waals surface area contributed by atoms with Crippen molar-refractivity contribution in [3.63, 3.8) is 0 Å². The highest BCUT2D eigenvalue weighted by Gasteiger charge is 2.07. The molecule has 2 aromatic carbocycles. The van der Waals surface area contributed by atoms with Crippen molar-refractivity contribution < 1.29 is 4.74 Å². The predicted octanol–water partition coefficient (Wildman–Crippen LogP) is 4.26. The summed E-state index contributed by atoms with van der Waals surface area (Å²) in [5, 5.41) is 0. The van der Waals surface area contributed by atoms with E-state index in [1.807, 2.05) is 42.5 Å². The summed E-state index contributed by atoms with van der Waals surface area (Å²) >= 11 is 6.88. The molecule has 2 rings (SSSR count). The van der Waals surface area contributed by atoms with Gasteiger partial charge in [0, 0.05) is 16.1 Å². The second-order valence-electron chi connectivity index (χ2n) is 3.80. The molecule has 0 heterocycles. The Morgan fingerprint density at radius 2 is 1.79 bits per heavy atom. The normalized spacial score (nSPS) is 11.4. The fourth-order valence-corrected chi connectivity index (χ4v) is 2.81. The number of ether oxygens (including phenoxy) is 1. The molecule has 2 aromatic rings. The molecule has 0 atom stereocenters. The Morgan fingerprint density at radius 3 is 2.42 bits per heavy atom. The number of amidine groups is 1. The van der Waals surface area contributed by atoms with Crippen molar-refractivity contribution in [1.82, 2.24) is 0 Å². The summed E-state index contributed by atoms with van der Waals surface area (Å²) in [6.07, 6.45) is 0. The lowest BCUT2D eigenvalue weighted by Gasteiger charge is -2.07. The zero-order chi connectivity index (χ0) is 13.8. The molecule has 0 saturated carbocycles. The van der Waals surface area contributed by atoms with E-state index in [0.29, 0.717) is 11.6 Å². The molecule has 98 valence electrons. The number of methoxy groups -OCH3 is 1. The van der Waals surface area contributed by atoms with E-state index >= 15 is 0 Å². The van der Waals surface area contributed by atoms with E-state index in [9.17, 15) is 0 Å². The molecule has 0 aliphatic rings. The van der Waals surface area contributed by atoms with E-state index in [-0.39, 0.29) is 0 Å². The highest BCUT2D eigenvalue weighted by atomic mass is 79.9. The van der Waals surface area contributed by atoms with Crippen LogP contribution in [0.15, 0.2) is 56.4 Å². The van der Waals surface area contributed by atoms with Gasteiger partial charge in [-0.1, -0.05) is 30.3 Å². The Balaban J connectivity index is 2.43. The predicted molar refractivity (Wildman–Crippen MR) is 85.2 cm³/mol. The van der Waals surface area contributed by atoms with Gasteiger partial charge in [0.1, 0.15) is 11.6 Å². The highest BCUT2D eigenvalue weighted by Crippen LogP contribution is 2.36. The van der Waals surface area contributed by atoms with Crippen molar-refractivity contribution in [3.8, 4) is 5.75 Å². The lowest BCUT2D eigenvalue weighted by molar-refractivity contribution is 0.412. The van der Waals surface area contributed by atoms with Gasteiger partial charge >= 0.3 is 0 Å². The first kappa shape index (κ1) is 14.1. The summed E-state index contributed by atoms with van der Waals surface area (Å²) in [4.78, 5) is 4.43. The van der Waals surface area contributed by atoms with Crippen molar-refractivity contribution in [3.05, 3.63) is 57.0 Å². The SMILES string of the molecule is COc1cc(N=C(N)c2ccccc2)c(Br)cc1Br. The minimum absolute atomic E-state index is 0.464. The molecule has 0 radical (unpaired) electrons. The van der Waals surface area contributed by atoms with Crippen molar-refractivity contribution in [2.45, 2.75) is 0 Å². The first-order chi connectivity index (χ1) is 9.11. The topological polar surface area (TPSA) is 47.6 Å². The summed E-state index contributed by atoms with van der Waals surface area (Å²) < 4.78 is 6.96. The Morgan fingerprint density at radius 1 is 1.11 bits per heavy atom. The van der Waals surface area contributed by atoms with Crippen LogP contribution in [0.1, 0.15) is 5.56 Å². The van der Waals surface area contributed by atoms with Crippen LogP contribution < -0.4 is 10.5 Å². The molecule has 0 aliphatic heterocycles. The summed E-state index contributed by atoms with van der Waals surface area (Å²) in [7, 11) is 1.61. The van der Waals surface area contributed by atoms with Gasteiger partial charge in [-0.2, -0.15) is 0 Å². The number of benzene rings is 2. The Kier molecular flexibility index (Phi) is 4.61. The molecule has 0 bridgehead atoms. The van der Waals surface area contributed by atoms with Crippen molar-refractivity contribution in [2.24, 2.45) is 10.7 Å². The molecule has 0 aromatic heterocycles. The largest absolute Gasteiger partial charge is 0.495 e. The summed E-state index contributed by atoms with van der Waals surface area (Å²) in [5.41, 5.74) is 7.61. The van der Waals surface area contributed by atoms with Gasteiger partial charge in [-0.05, 0) is 37.9 Å². The van der Waals surface area contributed by atoms with Gasteiger partial charge in [-0.25, -0.2) is 4.99 Å². The lowest BCUT2D eigenvalue weighted by atomic mass is 10.2. The number of nitrogens with two attached hydrogens (primary N) is 1. The van der Waals surface area contributed by atoms with Crippen LogP contribution in [0.5, 0.6) is 5.75 Å². The Bertz CT molecular complexity index is 612. The van der Waals surface area contributed by atoms with Crippen molar-refractivity contribution >= 4 is 43.4 Å². The third-order valence-corrected chi connectivity index (χ3v) is 3.79. The molecule has 0 saturated heterocycles.